The molecule has 0 atom stereocenters. The van der Waals surface area contributed by atoms with Crippen molar-refractivity contribution in [1.29, 1.82) is 0 Å². The van der Waals surface area contributed by atoms with E-state index in [4.69, 9.17) is 0 Å². The predicted octanol–water partition coefficient (Wildman–Crippen LogP) is 11.1. The molecule has 2 nitrogen and oxygen atoms in total. The summed E-state index contributed by atoms with van der Waals surface area (Å²) in [5.74, 6) is 13.0. The lowest BCUT2D eigenvalue weighted by Gasteiger charge is -2.18. The van der Waals surface area contributed by atoms with Crippen LogP contribution >= 0.6 is 54.5 Å². The highest BCUT2D eigenvalue weighted by atomic mass is 79.9. The van der Waals surface area contributed by atoms with E-state index < -0.39 is 0 Å². The zero-order valence-electron chi connectivity index (χ0n) is 22.8. The summed E-state index contributed by atoms with van der Waals surface area (Å²) in [6.45, 7) is 4.41. The highest BCUT2D eigenvalue weighted by Crippen LogP contribution is 2.42. The summed E-state index contributed by atoms with van der Waals surface area (Å²) < 4.78 is 3.72. The Labute approximate surface area is 261 Å². The van der Waals surface area contributed by atoms with E-state index in [0.717, 1.165) is 64.6 Å². The van der Waals surface area contributed by atoms with Crippen molar-refractivity contribution in [3.8, 4) is 23.7 Å². The fourth-order valence-corrected chi connectivity index (χ4v) is 8.58. The number of halogens is 2. The highest BCUT2D eigenvalue weighted by molar-refractivity contribution is 9.11. The Hall–Kier alpha value is -2.22. The average molecular weight is 695 g/mol. The van der Waals surface area contributed by atoms with Gasteiger partial charge in [-0.15, -0.1) is 22.7 Å². The van der Waals surface area contributed by atoms with Crippen LogP contribution in [0.2, 0.25) is 0 Å². The Morgan fingerprint density at radius 2 is 1.00 bits per heavy atom. The second-order valence-electron chi connectivity index (χ2n) is 10.2. The molecular formula is C34H30Br2O2S2. The standard InChI is InChI=1S/C34H30Br2O2S2/c1-3-5-7-9-11-13-15-27-31(35)25-17-21-23(19-29(25)39-27)34(38)22-18-26-30(20-24(22)33(21)37)40-28(32(26)36)16-14-12-10-8-6-4-2/h17-20H,3-12H2,1-2H3. The third-order valence-electron chi connectivity index (χ3n) is 7.23. The third-order valence-corrected chi connectivity index (χ3v) is 11.5. The summed E-state index contributed by atoms with van der Waals surface area (Å²) in [5.41, 5.74) is 1.86. The molecule has 0 amide bonds. The SMILES string of the molecule is CCCCCCC#Cc1sc2cc3c(cc2c1Br)C(=O)c1cc2sc(C#CCCCCCC)c(Br)c2cc1C3=O. The molecule has 0 fully saturated rings. The van der Waals surface area contributed by atoms with Crippen molar-refractivity contribution in [3.05, 3.63) is 65.2 Å². The smallest absolute Gasteiger partial charge is 0.194 e. The zero-order chi connectivity index (χ0) is 28.2. The molecule has 0 spiro atoms. The second kappa shape index (κ2) is 13.2. The van der Waals surface area contributed by atoms with Crippen molar-refractivity contribution in [2.24, 2.45) is 0 Å². The largest absolute Gasteiger partial charge is 0.289 e. The minimum atomic E-state index is -0.108. The number of hydrogen-bond donors (Lipinski definition) is 0. The van der Waals surface area contributed by atoms with Crippen LogP contribution in [0.5, 0.6) is 0 Å². The van der Waals surface area contributed by atoms with Gasteiger partial charge in [0.05, 0.1) is 18.7 Å². The summed E-state index contributed by atoms with van der Waals surface area (Å²) in [7, 11) is 0. The molecule has 0 aliphatic heterocycles. The topological polar surface area (TPSA) is 34.1 Å². The van der Waals surface area contributed by atoms with E-state index >= 15 is 0 Å². The van der Waals surface area contributed by atoms with Crippen molar-refractivity contribution >= 4 is 86.3 Å². The Kier molecular flexibility index (Phi) is 9.64. The number of carbonyl (C=O) groups excluding carboxylic acids is 2. The monoisotopic (exact) mass is 692 g/mol. The number of carbonyl (C=O) groups is 2. The molecule has 6 heteroatoms. The maximum absolute atomic E-state index is 13.7. The molecule has 4 aromatic rings. The minimum absolute atomic E-state index is 0.108. The molecule has 0 bridgehead atoms. The van der Waals surface area contributed by atoms with Crippen LogP contribution in [0.15, 0.2) is 33.2 Å². The van der Waals surface area contributed by atoms with Gasteiger partial charge in [-0.2, -0.15) is 0 Å². The molecule has 2 heterocycles. The van der Waals surface area contributed by atoms with Gasteiger partial charge in [-0.3, -0.25) is 9.59 Å². The third kappa shape index (κ3) is 5.88. The first-order valence-electron chi connectivity index (χ1n) is 14.0. The minimum Gasteiger partial charge on any atom is -0.289 e. The number of hydrogen-bond acceptors (Lipinski definition) is 4. The van der Waals surface area contributed by atoms with Gasteiger partial charge >= 0.3 is 0 Å². The quantitative estimate of drug-likeness (QED) is 0.120. The molecule has 1 aliphatic carbocycles. The highest BCUT2D eigenvalue weighted by Gasteiger charge is 2.32. The summed E-state index contributed by atoms with van der Waals surface area (Å²) in [6.07, 6.45) is 11.3. The molecule has 0 saturated carbocycles. The molecule has 204 valence electrons. The van der Waals surface area contributed by atoms with Crippen LogP contribution in [0.4, 0.5) is 0 Å². The van der Waals surface area contributed by atoms with Gasteiger partial charge in [0.2, 0.25) is 0 Å². The van der Waals surface area contributed by atoms with Crippen LogP contribution in [0.3, 0.4) is 0 Å². The van der Waals surface area contributed by atoms with E-state index in [-0.39, 0.29) is 11.6 Å². The predicted molar refractivity (Wildman–Crippen MR) is 177 cm³/mol. The van der Waals surface area contributed by atoms with Gasteiger partial charge in [0.1, 0.15) is 0 Å². The van der Waals surface area contributed by atoms with Crippen molar-refractivity contribution in [3.63, 3.8) is 0 Å². The molecule has 0 unspecified atom stereocenters. The maximum Gasteiger partial charge on any atom is 0.194 e. The molecular weight excluding hydrogens is 664 g/mol. The molecule has 0 saturated heterocycles. The van der Waals surface area contributed by atoms with E-state index in [1.165, 1.54) is 38.5 Å². The number of benzene rings is 2. The number of ketones is 2. The van der Waals surface area contributed by atoms with Crippen molar-refractivity contribution in [1.82, 2.24) is 0 Å². The van der Waals surface area contributed by atoms with Gasteiger partial charge in [-0.05, 0) is 69.0 Å². The maximum atomic E-state index is 13.7. The second-order valence-corrected chi connectivity index (χ2v) is 13.9. The van der Waals surface area contributed by atoms with Crippen LogP contribution in [0.25, 0.3) is 20.2 Å². The van der Waals surface area contributed by atoms with Gasteiger partial charge < -0.3 is 0 Å². The molecule has 0 N–H and O–H groups in total. The Bertz CT molecular complexity index is 1620. The fraction of sp³-hybridized carbons (Fsp3) is 0.353. The Balaban J connectivity index is 1.46. The van der Waals surface area contributed by atoms with Crippen LogP contribution in [0, 0.1) is 23.7 Å². The van der Waals surface area contributed by atoms with Crippen LogP contribution < -0.4 is 0 Å². The van der Waals surface area contributed by atoms with Gasteiger partial charge in [0, 0.05) is 55.3 Å². The number of fused-ring (bicyclic) bond motifs is 4. The lowest BCUT2D eigenvalue weighted by Crippen LogP contribution is -2.20. The van der Waals surface area contributed by atoms with E-state index in [1.807, 2.05) is 24.3 Å². The number of thiophene rings is 2. The molecule has 1 aliphatic rings. The zero-order valence-corrected chi connectivity index (χ0v) is 27.6. The number of unbranched alkanes of at least 4 members (excludes halogenated alkanes) is 8. The van der Waals surface area contributed by atoms with Gasteiger partial charge in [0.15, 0.2) is 11.6 Å². The average Bonchev–Trinajstić information content (AvgIpc) is 3.44. The van der Waals surface area contributed by atoms with E-state index in [2.05, 4.69) is 69.4 Å². The first-order valence-corrected chi connectivity index (χ1v) is 17.3. The van der Waals surface area contributed by atoms with Crippen molar-refractivity contribution in [2.75, 3.05) is 0 Å². The van der Waals surface area contributed by atoms with E-state index in [9.17, 15) is 9.59 Å². The lowest BCUT2D eigenvalue weighted by atomic mass is 9.83. The van der Waals surface area contributed by atoms with Crippen molar-refractivity contribution in [2.45, 2.75) is 78.1 Å². The first-order chi connectivity index (χ1) is 19.4. The van der Waals surface area contributed by atoms with Crippen LogP contribution in [-0.4, -0.2) is 11.6 Å². The summed E-state index contributed by atoms with van der Waals surface area (Å²) >= 11 is 10.6. The van der Waals surface area contributed by atoms with Gasteiger partial charge in [-0.1, -0.05) is 76.1 Å². The van der Waals surface area contributed by atoms with Crippen LogP contribution in [-0.2, 0) is 0 Å². The summed E-state index contributed by atoms with van der Waals surface area (Å²) in [6, 6.07) is 7.48. The van der Waals surface area contributed by atoms with Gasteiger partial charge in [-0.25, -0.2) is 0 Å². The molecule has 5 rings (SSSR count). The first kappa shape index (κ1) is 29.3. The Morgan fingerprint density at radius 1 is 0.600 bits per heavy atom. The lowest BCUT2D eigenvalue weighted by molar-refractivity contribution is 0.0979. The summed E-state index contributed by atoms with van der Waals surface area (Å²) in [5, 5.41) is 1.86. The normalized spacial score (nSPS) is 12.2. The number of rotatable bonds is 8. The van der Waals surface area contributed by atoms with Crippen molar-refractivity contribution < 1.29 is 9.59 Å². The fourth-order valence-electron chi connectivity index (χ4n) is 4.99. The van der Waals surface area contributed by atoms with E-state index in [0.29, 0.717) is 22.3 Å². The molecule has 2 aromatic heterocycles. The summed E-state index contributed by atoms with van der Waals surface area (Å²) in [4.78, 5) is 29.3. The van der Waals surface area contributed by atoms with E-state index in [1.54, 1.807) is 22.7 Å². The Morgan fingerprint density at radius 3 is 1.40 bits per heavy atom. The van der Waals surface area contributed by atoms with Gasteiger partial charge in [0.25, 0.3) is 0 Å². The molecule has 2 aromatic carbocycles. The molecule has 0 radical (unpaired) electrons. The molecule has 40 heavy (non-hydrogen) atoms. The van der Waals surface area contributed by atoms with Crippen LogP contribution in [0.1, 0.15) is 120 Å².